The number of thiophene rings is 1. The third kappa shape index (κ3) is 1.12. The van der Waals surface area contributed by atoms with Gasteiger partial charge < -0.3 is 0 Å². The highest BCUT2D eigenvalue weighted by molar-refractivity contribution is 7.17. The lowest BCUT2D eigenvalue weighted by Crippen LogP contribution is -1.75. The van der Waals surface area contributed by atoms with E-state index in [2.05, 4.69) is 0 Å². The van der Waals surface area contributed by atoms with Gasteiger partial charge >= 0.3 is 0 Å². The first-order chi connectivity index (χ1) is 5.79. The van der Waals surface area contributed by atoms with Crippen molar-refractivity contribution in [2.75, 3.05) is 0 Å². The van der Waals surface area contributed by atoms with Gasteiger partial charge in [-0.3, -0.25) is 4.79 Å². The molecule has 1 heterocycles. The van der Waals surface area contributed by atoms with Crippen LogP contribution >= 0.6 is 11.3 Å². The monoisotopic (exact) mass is 180 g/mol. The Kier molecular flexibility index (Phi) is 1.66. The predicted octanol–water partition coefficient (Wildman–Crippen LogP) is 2.85. The number of hydrogen-bond donors (Lipinski definition) is 0. The van der Waals surface area contributed by atoms with E-state index in [0.717, 1.165) is 27.7 Å². The van der Waals surface area contributed by atoms with Crippen LogP contribution in [0.2, 0.25) is 0 Å². The summed E-state index contributed by atoms with van der Waals surface area (Å²) >= 11 is 1.09. The number of hydrogen-bond acceptors (Lipinski definition) is 2. The second-order valence-corrected chi connectivity index (χ2v) is 3.50. The molecule has 0 saturated heterocycles. The molecule has 0 radical (unpaired) electrons. The van der Waals surface area contributed by atoms with E-state index in [-0.39, 0.29) is 5.13 Å². The summed E-state index contributed by atoms with van der Waals surface area (Å²) in [6.45, 7) is 0. The Balaban J connectivity index is 2.74. The number of fused-ring (bicyclic) bond motifs is 1. The van der Waals surface area contributed by atoms with Gasteiger partial charge in [0.2, 0.25) is 0 Å². The first kappa shape index (κ1) is 7.43. The average molecular weight is 180 g/mol. The van der Waals surface area contributed by atoms with Crippen molar-refractivity contribution in [3.05, 3.63) is 35.0 Å². The van der Waals surface area contributed by atoms with E-state index in [1.54, 1.807) is 18.2 Å². The lowest BCUT2D eigenvalue weighted by molar-refractivity contribution is 0.112. The summed E-state index contributed by atoms with van der Waals surface area (Å²) in [5.74, 6) is 0. The van der Waals surface area contributed by atoms with Gasteiger partial charge in [0.15, 0.2) is 5.13 Å². The second-order valence-electron chi connectivity index (χ2n) is 2.47. The number of halogens is 1. The van der Waals surface area contributed by atoms with Crippen LogP contribution < -0.4 is 0 Å². The molecular weight excluding hydrogens is 175 g/mol. The topological polar surface area (TPSA) is 17.1 Å². The summed E-state index contributed by atoms with van der Waals surface area (Å²) < 4.78 is 13.6. The van der Waals surface area contributed by atoms with Crippen molar-refractivity contribution in [3.63, 3.8) is 0 Å². The summed E-state index contributed by atoms with van der Waals surface area (Å²) in [7, 11) is 0. The van der Waals surface area contributed by atoms with Crippen LogP contribution in [-0.2, 0) is 0 Å². The Labute approximate surface area is 72.4 Å². The molecule has 0 spiro atoms. The average Bonchev–Trinajstić information content (AvgIpc) is 2.43. The van der Waals surface area contributed by atoms with Gasteiger partial charge in [-0.25, -0.2) is 0 Å². The zero-order valence-electron chi connectivity index (χ0n) is 6.08. The molecule has 0 unspecified atom stereocenters. The van der Waals surface area contributed by atoms with Crippen LogP contribution in [0.15, 0.2) is 24.3 Å². The highest BCUT2D eigenvalue weighted by atomic mass is 32.1. The van der Waals surface area contributed by atoms with Crippen molar-refractivity contribution >= 4 is 27.7 Å². The molecule has 0 bridgehead atoms. The summed E-state index contributed by atoms with van der Waals surface area (Å²) in [5.41, 5.74) is 0.584. The van der Waals surface area contributed by atoms with Crippen molar-refractivity contribution in [2.45, 2.75) is 0 Å². The maximum Gasteiger partial charge on any atom is 0.177 e. The van der Waals surface area contributed by atoms with Gasteiger partial charge in [-0.2, -0.15) is 4.39 Å². The lowest BCUT2D eigenvalue weighted by Gasteiger charge is -1.88. The van der Waals surface area contributed by atoms with Crippen molar-refractivity contribution in [2.24, 2.45) is 0 Å². The van der Waals surface area contributed by atoms with Crippen LogP contribution in [0.1, 0.15) is 10.4 Å². The molecule has 0 aliphatic rings. The minimum Gasteiger partial charge on any atom is -0.298 e. The van der Waals surface area contributed by atoms with Crippen molar-refractivity contribution in [3.8, 4) is 0 Å². The summed E-state index contributed by atoms with van der Waals surface area (Å²) in [4.78, 5) is 10.4. The van der Waals surface area contributed by atoms with Gasteiger partial charge in [0, 0.05) is 10.3 Å². The molecule has 2 aromatic rings. The predicted molar refractivity (Wildman–Crippen MR) is 47.2 cm³/mol. The van der Waals surface area contributed by atoms with Gasteiger partial charge in [0.05, 0.1) is 0 Å². The van der Waals surface area contributed by atoms with Crippen LogP contribution in [0.4, 0.5) is 4.39 Å². The Bertz CT molecular complexity index is 433. The summed E-state index contributed by atoms with van der Waals surface area (Å²) in [5, 5.41) is 0.579. The minimum absolute atomic E-state index is 0.215. The van der Waals surface area contributed by atoms with Gasteiger partial charge in [-0.1, -0.05) is 6.07 Å². The third-order valence-electron chi connectivity index (χ3n) is 1.65. The summed E-state index contributed by atoms with van der Waals surface area (Å²) in [6.07, 6.45) is 0.759. The van der Waals surface area contributed by atoms with Gasteiger partial charge in [0.25, 0.3) is 0 Å². The quantitative estimate of drug-likeness (QED) is 0.617. The third-order valence-corrected chi connectivity index (χ3v) is 2.55. The molecule has 0 amide bonds. The molecule has 0 atom stereocenters. The molecule has 0 fully saturated rings. The van der Waals surface area contributed by atoms with Crippen LogP contribution in [0.5, 0.6) is 0 Å². The SMILES string of the molecule is O=Cc1ccc2sc(F)cc2c1. The van der Waals surface area contributed by atoms with E-state index >= 15 is 0 Å². The first-order valence-corrected chi connectivity index (χ1v) is 4.25. The van der Waals surface area contributed by atoms with Crippen LogP contribution in [0.25, 0.3) is 10.1 Å². The molecule has 3 heteroatoms. The fourth-order valence-corrected chi connectivity index (χ4v) is 1.87. The van der Waals surface area contributed by atoms with Gasteiger partial charge in [0.1, 0.15) is 6.29 Å². The van der Waals surface area contributed by atoms with E-state index in [9.17, 15) is 9.18 Å². The number of benzene rings is 1. The lowest BCUT2D eigenvalue weighted by atomic mass is 10.2. The fraction of sp³-hybridized carbons (Fsp3) is 0. The normalized spacial score (nSPS) is 10.4. The molecule has 0 saturated carbocycles. The molecular formula is C9H5FOS. The Hall–Kier alpha value is -1.22. The number of carbonyl (C=O) groups excluding carboxylic acids is 1. The standard InChI is InChI=1S/C9H5FOS/c10-9-4-7-3-6(5-11)1-2-8(7)12-9/h1-5H. The van der Waals surface area contributed by atoms with Crippen LogP contribution in [0.3, 0.4) is 0 Å². The number of aldehydes is 1. The van der Waals surface area contributed by atoms with E-state index in [0.29, 0.717) is 5.56 Å². The van der Waals surface area contributed by atoms with Gasteiger partial charge in [-0.15, -0.1) is 11.3 Å². The molecule has 0 aliphatic heterocycles. The van der Waals surface area contributed by atoms with Crippen molar-refractivity contribution in [1.29, 1.82) is 0 Å². The van der Waals surface area contributed by atoms with Crippen molar-refractivity contribution in [1.82, 2.24) is 0 Å². The highest BCUT2D eigenvalue weighted by Crippen LogP contribution is 2.24. The molecule has 2 rings (SSSR count). The second kappa shape index (κ2) is 2.68. The maximum absolute atomic E-state index is 12.7. The molecule has 1 nitrogen and oxygen atoms in total. The van der Waals surface area contributed by atoms with Crippen LogP contribution in [0, 0.1) is 5.13 Å². The molecule has 0 aliphatic carbocycles. The zero-order valence-corrected chi connectivity index (χ0v) is 6.90. The molecule has 1 aromatic heterocycles. The molecule has 0 N–H and O–H groups in total. The highest BCUT2D eigenvalue weighted by Gasteiger charge is 2.00. The van der Waals surface area contributed by atoms with E-state index in [1.807, 2.05) is 0 Å². The van der Waals surface area contributed by atoms with Crippen molar-refractivity contribution < 1.29 is 9.18 Å². The molecule has 1 aromatic carbocycles. The molecule has 12 heavy (non-hydrogen) atoms. The van der Waals surface area contributed by atoms with E-state index < -0.39 is 0 Å². The number of rotatable bonds is 1. The largest absolute Gasteiger partial charge is 0.298 e. The fourth-order valence-electron chi connectivity index (χ4n) is 1.10. The smallest absolute Gasteiger partial charge is 0.177 e. The minimum atomic E-state index is -0.215. The molecule has 60 valence electrons. The van der Waals surface area contributed by atoms with E-state index in [1.165, 1.54) is 6.07 Å². The zero-order chi connectivity index (χ0) is 8.55. The Morgan fingerprint density at radius 1 is 1.33 bits per heavy atom. The summed E-state index contributed by atoms with van der Waals surface area (Å²) in [6, 6.07) is 6.56. The Morgan fingerprint density at radius 2 is 2.17 bits per heavy atom. The van der Waals surface area contributed by atoms with Gasteiger partial charge in [-0.05, 0) is 23.6 Å². The van der Waals surface area contributed by atoms with E-state index in [4.69, 9.17) is 0 Å². The number of carbonyl (C=O) groups is 1. The Morgan fingerprint density at radius 3 is 2.92 bits per heavy atom. The first-order valence-electron chi connectivity index (χ1n) is 3.44. The van der Waals surface area contributed by atoms with Crippen LogP contribution in [-0.4, -0.2) is 6.29 Å². The maximum atomic E-state index is 12.7.